The van der Waals surface area contributed by atoms with Gasteiger partial charge in [0.1, 0.15) is 11.6 Å². The highest BCUT2D eigenvalue weighted by molar-refractivity contribution is 9.10. The molecule has 1 rings (SSSR count). The van der Waals surface area contributed by atoms with E-state index < -0.39 is 0 Å². The molecule has 0 atom stereocenters. The Kier molecular flexibility index (Phi) is 7.36. The van der Waals surface area contributed by atoms with Crippen LogP contribution in [0.25, 0.3) is 0 Å². The Bertz CT molecular complexity index is 391. The lowest BCUT2D eigenvalue weighted by molar-refractivity contribution is 0.625. The van der Waals surface area contributed by atoms with E-state index >= 15 is 0 Å². The highest BCUT2D eigenvalue weighted by Gasteiger charge is 2.13. The Morgan fingerprint density at radius 3 is 2.47 bits per heavy atom. The van der Waals surface area contributed by atoms with E-state index in [1.165, 1.54) is 6.42 Å². The number of nitrogens with zero attached hydrogens (tertiary/aromatic N) is 2. The van der Waals surface area contributed by atoms with Gasteiger partial charge in [0.25, 0.3) is 0 Å². The lowest BCUT2D eigenvalue weighted by Gasteiger charge is -2.14. The predicted molar refractivity (Wildman–Crippen MR) is 85.7 cm³/mol. The van der Waals surface area contributed by atoms with E-state index in [2.05, 4.69) is 53.9 Å². The van der Waals surface area contributed by atoms with Gasteiger partial charge in [0.15, 0.2) is 0 Å². The minimum Gasteiger partial charge on any atom is -0.369 e. The molecule has 1 aromatic heterocycles. The molecule has 0 aromatic carbocycles. The van der Waals surface area contributed by atoms with Crippen molar-refractivity contribution in [3.05, 3.63) is 16.0 Å². The molecule has 1 heterocycles. The van der Waals surface area contributed by atoms with Gasteiger partial charge in [0.2, 0.25) is 0 Å². The molecule has 0 aliphatic carbocycles. The summed E-state index contributed by atoms with van der Waals surface area (Å²) in [5.74, 6) is 2.53. The van der Waals surface area contributed by atoms with Crippen molar-refractivity contribution in [2.45, 2.75) is 59.8 Å². The third-order valence-corrected chi connectivity index (χ3v) is 3.70. The summed E-state index contributed by atoms with van der Waals surface area (Å²) in [5.41, 5.74) is 1.13. The van der Waals surface area contributed by atoms with Crippen LogP contribution in [0.2, 0.25) is 0 Å². The van der Waals surface area contributed by atoms with Gasteiger partial charge in [0, 0.05) is 13.0 Å². The van der Waals surface area contributed by atoms with Gasteiger partial charge in [-0.3, -0.25) is 0 Å². The van der Waals surface area contributed by atoms with E-state index in [-0.39, 0.29) is 0 Å². The number of unbranched alkanes of at least 4 members (excludes halogenated alkanes) is 1. The zero-order chi connectivity index (χ0) is 14.3. The first-order valence-corrected chi connectivity index (χ1v) is 8.16. The van der Waals surface area contributed by atoms with Crippen LogP contribution in [-0.4, -0.2) is 16.5 Å². The first-order valence-electron chi connectivity index (χ1n) is 7.37. The van der Waals surface area contributed by atoms with Crippen molar-refractivity contribution in [1.29, 1.82) is 0 Å². The van der Waals surface area contributed by atoms with Gasteiger partial charge in [-0.25, -0.2) is 9.97 Å². The SMILES string of the molecule is CCCCc1nc(CC(C)C)c(Br)c(NCCC)n1. The van der Waals surface area contributed by atoms with Crippen LogP contribution in [0, 0.1) is 5.92 Å². The average Bonchev–Trinajstić information content (AvgIpc) is 2.37. The fourth-order valence-electron chi connectivity index (χ4n) is 1.87. The first kappa shape index (κ1) is 16.4. The smallest absolute Gasteiger partial charge is 0.144 e. The second-order valence-electron chi connectivity index (χ2n) is 5.38. The van der Waals surface area contributed by atoms with E-state index in [9.17, 15) is 0 Å². The molecule has 19 heavy (non-hydrogen) atoms. The van der Waals surface area contributed by atoms with Crippen LogP contribution in [0.5, 0.6) is 0 Å². The Labute approximate surface area is 125 Å². The van der Waals surface area contributed by atoms with Crippen molar-refractivity contribution >= 4 is 21.7 Å². The summed E-state index contributed by atoms with van der Waals surface area (Å²) >= 11 is 3.65. The molecule has 0 bridgehead atoms. The standard InChI is InChI=1S/C15H26BrN3/c1-5-7-8-13-18-12(10-11(3)4)14(16)15(19-13)17-9-6-2/h11H,5-10H2,1-4H3,(H,17,18,19). The molecule has 1 aromatic rings. The van der Waals surface area contributed by atoms with Crippen molar-refractivity contribution in [3.63, 3.8) is 0 Å². The minimum absolute atomic E-state index is 0.601. The van der Waals surface area contributed by atoms with Crippen molar-refractivity contribution in [2.24, 2.45) is 5.92 Å². The zero-order valence-corrected chi connectivity index (χ0v) is 14.2. The summed E-state index contributed by atoms with van der Waals surface area (Å²) in [7, 11) is 0. The van der Waals surface area contributed by atoms with Gasteiger partial charge in [-0.1, -0.05) is 34.1 Å². The number of aromatic nitrogens is 2. The second-order valence-corrected chi connectivity index (χ2v) is 6.17. The van der Waals surface area contributed by atoms with Gasteiger partial charge < -0.3 is 5.32 Å². The van der Waals surface area contributed by atoms with Crippen LogP contribution in [0.4, 0.5) is 5.82 Å². The summed E-state index contributed by atoms with van der Waals surface area (Å²) in [5, 5.41) is 3.40. The zero-order valence-electron chi connectivity index (χ0n) is 12.6. The monoisotopic (exact) mass is 327 g/mol. The van der Waals surface area contributed by atoms with Crippen LogP contribution in [0.15, 0.2) is 4.47 Å². The molecule has 0 saturated heterocycles. The molecule has 0 radical (unpaired) electrons. The summed E-state index contributed by atoms with van der Waals surface area (Å²) in [6.45, 7) is 9.75. The molecule has 0 unspecified atom stereocenters. The van der Waals surface area contributed by atoms with Crippen molar-refractivity contribution in [1.82, 2.24) is 9.97 Å². The number of hydrogen-bond acceptors (Lipinski definition) is 3. The Balaban J connectivity index is 2.99. The normalized spacial score (nSPS) is 11.1. The number of rotatable bonds is 8. The topological polar surface area (TPSA) is 37.8 Å². The highest BCUT2D eigenvalue weighted by Crippen LogP contribution is 2.26. The quantitative estimate of drug-likeness (QED) is 0.758. The van der Waals surface area contributed by atoms with E-state index in [4.69, 9.17) is 4.98 Å². The highest BCUT2D eigenvalue weighted by atomic mass is 79.9. The maximum atomic E-state index is 4.72. The number of aryl methyl sites for hydroxylation is 1. The Morgan fingerprint density at radius 1 is 1.16 bits per heavy atom. The molecule has 3 nitrogen and oxygen atoms in total. The molecule has 1 N–H and O–H groups in total. The van der Waals surface area contributed by atoms with Gasteiger partial charge in [-0.15, -0.1) is 0 Å². The Hall–Kier alpha value is -0.640. The third-order valence-electron chi connectivity index (χ3n) is 2.86. The summed E-state index contributed by atoms with van der Waals surface area (Å²) in [4.78, 5) is 9.37. The van der Waals surface area contributed by atoms with Gasteiger partial charge in [-0.2, -0.15) is 0 Å². The van der Waals surface area contributed by atoms with Crippen molar-refractivity contribution < 1.29 is 0 Å². The molecule has 0 amide bonds. The molecular formula is C15H26BrN3. The molecular weight excluding hydrogens is 302 g/mol. The van der Waals surface area contributed by atoms with Crippen LogP contribution < -0.4 is 5.32 Å². The largest absolute Gasteiger partial charge is 0.369 e. The van der Waals surface area contributed by atoms with E-state index in [1.54, 1.807) is 0 Å². The lowest BCUT2D eigenvalue weighted by Crippen LogP contribution is -2.10. The Morgan fingerprint density at radius 2 is 1.89 bits per heavy atom. The maximum absolute atomic E-state index is 4.72. The van der Waals surface area contributed by atoms with Crippen LogP contribution >= 0.6 is 15.9 Å². The summed E-state index contributed by atoms with van der Waals surface area (Å²) in [6, 6.07) is 0. The molecule has 0 spiro atoms. The first-order chi connectivity index (χ1) is 9.08. The van der Waals surface area contributed by atoms with E-state index in [0.29, 0.717) is 5.92 Å². The number of nitrogens with one attached hydrogen (secondary N) is 1. The third kappa shape index (κ3) is 5.47. The van der Waals surface area contributed by atoms with Crippen molar-refractivity contribution in [3.8, 4) is 0 Å². The summed E-state index contributed by atoms with van der Waals surface area (Å²) < 4.78 is 1.04. The van der Waals surface area contributed by atoms with E-state index in [1.807, 2.05) is 0 Å². The van der Waals surface area contributed by atoms with Crippen LogP contribution in [-0.2, 0) is 12.8 Å². The van der Waals surface area contributed by atoms with Crippen LogP contribution in [0.3, 0.4) is 0 Å². The molecule has 108 valence electrons. The predicted octanol–water partition coefficient (Wildman–Crippen LogP) is 4.60. The molecule has 0 aliphatic heterocycles. The summed E-state index contributed by atoms with van der Waals surface area (Å²) in [6.07, 6.45) is 5.38. The molecule has 0 aliphatic rings. The number of anilines is 1. The van der Waals surface area contributed by atoms with Crippen molar-refractivity contribution in [2.75, 3.05) is 11.9 Å². The molecule has 0 fully saturated rings. The fraction of sp³-hybridized carbons (Fsp3) is 0.733. The number of halogens is 1. The molecule has 4 heteroatoms. The molecule has 0 saturated carbocycles. The minimum atomic E-state index is 0.601. The lowest BCUT2D eigenvalue weighted by atomic mass is 10.1. The van der Waals surface area contributed by atoms with Gasteiger partial charge in [0.05, 0.1) is 10.2 Å². The van der Waals surface area contributed by atoms with Gasteiger partial charge >= 0.3 is 0 Å². The van der Waals surface area contributed by atoms with E-state index in [0.717, 1.165) is 54.0 Å². The average molecular weight is 328 g/mol. The van der Waals surface area contributed by atoms with Gasteiger partial charge in [-0.05, 0) is 41.1 Å². The maximum Gasteiger partial charge on any atom is 0.144 e. The second kappa shape index (κ2) is 8.51. The number of hydrogen-bond donors (Lipinski definition) is 1. The van der Waals surface area contributed by atoms with Crippen LogP contribution in [0.1, 0.15) is 58.5 Å². The fourth-order valence-corrected chi connectivity index (χ4v) is 2.35.